The topological polar surface area (TPSA) is 29.1 Å². The van der Waals surface area contributed by atoms with Gasteiger partial charge in [-0.05, 0) is 49.1 Å². The van der Waals surface area contributed by atoms with Crippen molar-refractivity contribution in [1.82, 2.24) is 5.32 Å². The smallest absolute Gasteiger partial charge is 0.252 e. The highest BCUT2D eigenvalue weighted by molar-refractivity contribution is 7.10. The van der Waals surface area contributed by atoms with Crippen molar-refractivity contribution in [3.05, 3.63) is 57.3 Å². The van der Waals surface area contributed by atoms with Gasteiger partial charge in [0, 0.05) is 16.3 Å². The van der Waals surface area contributed by atoms with Gasteiger partial charge in [-0.25, -0.2) is 0 Å². The third kappa shape index (κ3) is 3.84. The van der Waals surface area contributed by atoms with E-state index in [1.165, 1.54) is 22.4 Å². The molecule has 1 aliphatic rings. The molecule has 2 nitrogen and oxygen atoms in total. The van der Waals surface area contributed by atoms with E-state index < -0.39 is 0 Å². The van der Waals surface area contributed by atoms with Crippen LogP contribution in [0.4, 0.5) is 0 Å². The maximum Gasteiger partial charge on any atom is 0.252 e. The van der Waals surface area contributed by atoms with Crippen molar-refractivity contribution >= 4 is 17.2 Å². The number of fused-ring (bicyclic) bond motifs is 1. The summed E-state index contributed by atoms with van der Waals surface area (Å²) in [5.74, 6) is 0.860. The summed E-state index contributed by atoms with van der Waals surface area (Å²) in [5, 5.41) is 5.31. The average Bonchev–Trinajstić information content (AvgIpc) is 2.98. The Balaban J connectivity index is 1.68. The molecule has 1 aromatic carbocycles. The fourth-order valence-electron chi connectivity index (χ4n) is 3.33. The molecule has 0 bridgehead atoms. The molecule has 122 valence electrons. The number of carbonyl (C=O) groups excluding carboxylic acids is 1. The van der Waals surface area contributed by atoms with Crippen LogP contribution >= 0.6 is 11.3 Å². The molecule has 1 aliphatic carbocycles. The summed E-state index contributed by atoms with van der Waals surface area (Å²) in [6.07, 6.45) is 5.23. The van der Waals surface area contributed by atoms with Gasteiger partial charge in [-0.3, -0.25) is 4.79 Å². The van der Waals surface area contributed by atoms with Crippen LogP contribution in [0.2, 0.25) is 0 Å². The van der Waals surface area contributed by atoms with Crippen LogP contribution < -0.4 is 5.32 Å². The first kappa shape index (κ1) is 16.3. The molecule has 2 atom stereocenters. The van der Waals surface area contributed by atoms with E-state index in [1.807, 2.05) is 6.07 Å². The fourth-order valence-corrected chi connectivity index (χ4v) is 4.57. The van der Waals surface area contributed by atoms with Crippen LogP contribution in [0, 0.1) is 5.92 Å². The molecular weight excluding hydrogens is 302 g/mol. The van der Waals surface area contributed by atoms with Crippen LogP contribution in [0.15, 0.2) is 35.7 Å². The van der Waals surface area contributed by atoms with Gasteiger partial charge in [0.2, 0.25) is 0 Å². The molecule has 0 aliphatic heterocycles. The van der Waals surface area contributed by atoms with Gasteiger partial charge in [-0.2, -0.15) is 0 Å². The molecule has 0 saturated carbocycles. The summed E-state index contributed by atoms with van der Waals surface area (Å²) < 4.78 is 0. The fraction of sp³-hybridized carbons (Fsp3) is 0.450. The Hall–Kier alpha value is -1.61. The van der Waals surface area contributed by atoms with Crippen LogP contribution in [-0.2, 0) is 19.3 Å². The van der Waals surface area contributed by atoms with E-state index in [1.54, 1.807) is 11.3 Å². The lowest BCUT2D eigenvalue weighted by atomic mass is 9.88. The lowest BCUT2D eigenvalue weighted by Gasteiger charge is -2.20. The molecule has 0 saturated heterocycles. The molecule has 2 aromatic rings. The number of amides is 1. The number of benzene rings is 1. The Morgan fingerprint density at radius 1 is 1.35 bits per heavy atom. The predicted octanol–water partition coefficient (Wildman–Crippen LogP) is 4.62. The first-order chi connectivity index (χ1) is 11.2. The van der Waals surface area contributed by atoms with E-state index in [-0.39, 0.29) is 11.9 Å². The summed E-state index contributed by atoms with van der Waals surface area (Å²) in [6.45, 7) is 4.44. The molecule has 0 radical (unpaired) electrons. The van der Waals surface area contributed by atoms with Crippen molar-refractivity contribution in [2.24, 2.45) is 5.92 Å². The number of rotatable bonds is 5. The van der Waals surface area contributed by atoms with Gasteiger partial charge >= 0.3 is 0 Å². The van der Waals surface area contributed by atoms with E-state index in [4.69, 9.17) is 0 Å². The van der Waals surface area contributed by atoms with E-state index in [2.05, 4.69) is 48.8 Å². The van der Waals surface area contributed by atoms with Crippen LogP contribution in [0.1, 0.15) is 53.1 Å². The Kier molecular flexibility index (Phi) is 5.16. The van der Waals surface area contributed by atoms with Gasteiger partial charge in [0.15, 0.2) is 0 Å². The largest absolute Gasteiger partial charge is 0.349 e. The molecule has 1 N–H and O–H groups in total. The molecule has 3 rings (SSSR count). The lowest BCUT2D eigenvalue weighted by molar-refractivity contribution is 0.0935. The molecule has 0 unspecified atom stereocenters. The van der Waals surface area contributed by atoms with Gasteiger partial charge in [-0.15, -0.1) is 11.3 Å². The normalized spacial score (nSPS) is 18.3. The second-order valence-electron chi connectivity index (χ2n) is 6.67. The average molecular weight is 327 g/mol. The predicted molar refractivity (Wildman–Crippen MR) is 97.2 cm³/mol. The molecule has 3 heteroatoms. The zero-order valence-electron chi connectivity index (χ0n) is 14.0. The van der Waals surface area contributed by atoms with Crippen LogP contribution in [0.5, 0.6) is 0 Å². The second kappa shape index (κ2) is 7.31. The summed E-state index contributed by atoms with van der Waals surface area (Å²) >= 11 is 1.76. The van der Waals surface area contributed by atoms with Crippen molar-refractivity contribution in [3.63, 3.8) is 0 Å². The summed E-state index contributed by atoms with van der Waals surface area (Å²) in [4.78, 5) is 14.1. The molecule has 1 aromatic heterocycles. The molecule has 0 spiro atoms. The third-order valence-corrected chi connectivity index (χ3v) is 5.85. The standard InChI is InChI=1S/C20H25NOS/c1-3-16(12-15-7-5-4-6-8-15)21-20(22)18-13-23-19-11-14(2)9-10-17(18)19/h4-8,13-14,16H,3,9-12H2,1-2H3,(H,21,22)/t14-,16+/m1/s1. The van der Waals surface area contributed by atoms with Crippen molar-refractivity contribution < 1.29 is 4.79 Å². The molecule has 1 amide bonds. The monoisotopic (exact) mass is 327 g/mol. The van der Waals surface area contributed by atoms with Crippen molar-refractivity contribution in [3.8, 4) is 0 Å². The first-order valence-electron chi connectivity index (χ1n) is 8.61. The summed E-state index contributed by atoms with van der Waals surface area (Å²) in [7, 11) is 0. The molecule has 23 heavy (non-hydrogen) atoms. The number of carbonyl (C=O) groups is 1. The van der Waals surface area contributed by atoms with Crippen LogP contribution in [0.3, 0.4) is 0 Å². The maximum atomic E-state index is 12.7. The minimum absolute atomic E-state index is 0.111. The van der Waals surface area contributed by atoms with Gasteiger partial charge in [0.1, 0.15) is 0 Å². The van der Waals surface area contributed by atoms with Crippen LogP contribution in [0.25, 0.3) is 0 Å². The van der Waals surface area contributed by atoms with Crippen molar-refractivity contribution in [1.29, 1.82) is 0 Å². The number of thiophene rings is 1. The molecule has 1 heterocycles. The van der Waals surface area contributed by atoms with Crippen molar-refractivity contribution in [2.75, 3.05) is 0 Å². The number of nitrogens with one attached hydrogen (secondary N) is 1. The minimum atomic E-state index is 0.111. The summed E-state index contributed by atoms with van der Waals surface area (Å²) in [6, 6.07) is 10.6. The Labute approximate surface area is 142 Å². The van der Waals surface area contributed by atoms with Crippen LogP contribution in [-0.4, -0.2) is 11.9 Å². The Morgan fingerprint density at radius 3 is 2.87 bits per heavy atom. The highest BCUT2D eigenvalue weighted by atomic mass is 32.1. The maximum absolute atomic E-state index is 12.7. The number of hydrogen-bond acceptors (Lipinski definition) is 2. The summed E-state index contributed by atoms with van der Waals surface area (Å²) in [5.41, 5.74) is 3.50. The lowest BCUT2D eigenvalue weighted by Crippen LogP contribution is -2.36. The second-order valence-corrected chi connectivity index (χ2v) is 7.63. The van der Waals surface area contributed by atoms with E-state index >= 15 is 0 Å². The number of hydrogen-bond donors (Lipinski definition) is 1. The van der Waals surface area contributed by atoms with E-state index in [9.17, 15) is 4.79 Å². The van der Waals surface area contributed by atoms with E-state index in [0.717, 1.165) is 37.2 Å². The molecule has 0 fully saturated rings. The van der Waals surface area contributed by atoms with Gasteiger partial charge in [-0.1, -0.05) is 44.2 Å². The third-order valence-electron chi connectivity index (χ3n) is 4.80. The SMILES string of the molecule is CC[C@@H](Cc1ccccc1)NC(=O)c1csc2c1CC[C@@H](C)C2. The highest BCUT2D eigenvalue weighted by Gasteiger charge is 2.24. The zero-order chi connectivity index (χ0) is 16.2. The van der Waals surface area contributed by atoms with Gasteiger partial charge < -0.3 is 5.32 Å². The van der Waals surface area contributed by atoms with Crippen molar-refractivity contribution in [2.45, 2.75) is 52.0 Å². The Morgan fingerprint density at radius 2 is 2.13 bits per heavy atom. The Bertz CT molecular complexity index is 662. The van der Waals surface area contributed by atoms with E-state index in [0.29, 0.717) is 0 Å². The van der Waals surface area contributed by atoms with Gasteiger partial charge in [0.25, 0.3) is 5.91 Å². The van der Waals surface area contributed by atoms with Gasteiger partial charge in [0.05, 0.1) is 5.56 Å². The molecular formula is C20H25NOS. The minimum Gasteiger partial charge on any atom is -0.349 e. The zero-order valence-corrected chi connectivity index (χ0v) is 14.8. The quantitative estimate of drug-likeness (QED) is 0.853. The highest BCUT2D eigenvalue weighted by Crippen LogP contribution is 2.32. The first-order valence-corrected chi connectivity index (χ1v) is 9.49.